The van der Waals surface area contributed by atoms with Crippen molar-refractivity contribution in [3.63, 3.8) is 0 Å². The van der Waals surface area contributed by atoms with Gasteiger partial charge in [0, 0.05) is 0 Å². The Morgan fingerprint density at radius 3 is 1.14 bits per heavy atom. The summed E-state index contributed by atoms with van der Waals surface area (Å²) in [5, 5.41) is 63.3. The van der Waals surface area contributed by atoms with E-state index >= 15 is 0 Å². The molecule has 0 aliphatic rings. The first-order chi connectivity index (χ1) is 15.0. The van der Waals surface area contributed by atoms with Gasteiger partial charge in [-0.15, -0.1) is 0 Å². The van der Waals surface area contributed by atoms with Crippen molar-refractivity contribution in [1.82, 2.24) is 0 Å². The molecule has 0 aromatic carbocycles. The molecule has 17 nitrogen and oxygen atoms in total. The van der Waals surface area contributed by atoms with E-state index in [4.69, 9.17) is 30.6 Å². The molecule has 0 spiro atoms. The SMILES string of the molecule is O=C(O)CC(CC(=O)O)(OC(=O)CC(O)C(=O)OC(CC(=O)O)(CC(=O)O)C(=O)O)C(=O)O.[H-].[H-].[K+].[K+]. The van der Waals surface area contributed by atoms with Crippen molar-refractivity contribution in [3.05, 3.63) is 0 Å². The van der Waals surface area contributed by atoms with Gasteiger partial charge in [0.15, 0.2) is 6.10 Å². The summed E-state index contributed by atoms with van der Waals surface area (Å²) in [5.41, 5.74) is -6.34. The van der Waals surface area contributed by atoms with Gasteiger partial charge in [-0.2, -0.15) is 0 Å². The van der Waals surface area contributed by atoms with Crippen molar-refractivity contribution in [3.8, 4) is 0 Å². The van der Waals surface area contributed by atoms with Gasteiger partial charge in [-0.3, -0.25) is 24.0 Å². The minimum atomic E-state index is -3.20. The largest absolute Gasteiger partial charge is 1.00 e. The molecular weight excluding hydrogens is 542 g/mol. The third-order valence-corrected chi connectivity index (χ3v) is 3.76. The van der Waals surface area contributed by atoms with Crippen molar-refractivity contribution in [2.75, 3.05) is 0 Å². The fraction of sp³-hybridized carbons (Fsp3) is 0.500. The first-order valence-corrected chi connectivity index (χ1v) is 8.43. The van der Waals surface area contributed by atoms with E-state index in [1.807, 2.05) is 0 Å². The maximum Gasteiger partial charge on any atom is 1.00 e. The van der Waals surface area contributed by atoms with Crippen LogP contribution in [0.2, 0.25) is 0 Å². The molecule has 7 N–H and O–H groups in total. The molecule has 0 saturated heterocycles. The van der Waals surface area contributed by atoms with E-state index < -0.39 is 97.2 Å². The normalized spacial score (nSPS) is 11.5. The minimum Gasteiger partial charge on any atom is -1.00 e. The first-order valence-electron chi connectivity index (χ1n) is 8.43. The maximum absolute atomic E-state index is 12.0. The van der Waals surface area contributed by atoms with Crippen LogP contribution in [0, 0.1) is 0 Å². The summed E-state index contributed by atoms with van der Waals surface area (Å²) in [4.78, 5) is 90.3. The van der Waals surface area contributed by atoms with Crippen molar-refractivity contribution in [2.24, 2.45) is 0 Å². The first kappa shape index (κ1) is 38.5. The zero-order valence-electron chi connectivity index (χ0n) is 20.3. The number of hydrogen-bond donors (Lipinski definition) is 7. The molecule has 0 bridgehead atoms. The molecule has 1 unspecified atom stereocenters. The van der Waals surface area contributed by atoms with Crippen LogP contribution in [0.5, 0.6) is 0 Å². The van der Waals surface area contributed by atoms with E-state index in [1.165, 1.54) is 0 Å². The van der Waals surface area contributed by atoms with Crippen LogP contribution in [-0.2, 0) is 47.8 Å². The number of carbonyl (C=O) groups is 8. The molecule has 0 rings (SSSR count). The van der Waals surface area contributed by atoms with Gasteiger partial charge in [0.1, 0.15) is 0 Å². The van der Waals surface area contributed by atoms with E-state index in [1.54, 1.807) is 0 Å². The van der Waals surface area contributed by atoms with Crippen molar-refractivity contribution in [1.29, 1.82) is 0 Å². The van der Waals surface area contributed by atoms with Crippen molar-refractivity contribution >= 4 is 47.8 Å². The average Bonchev–Trinajstić information content (AvgIpc) is 2.58. The Kier molecular flexibility index (Phi) is 18.4. The van der Waals surface area contributed by atoms with Gasteiger partial charge in [-0.05, 0) is 0 Å². The number of aliphatic hydroxyl groups is 1. The van der Waals surface area contributed by atoms with Crippen LogP contribution in [-0.4, -0.2) is 101 Å². The Balaban J connectivity index is -0.000000853. The summed E-state index contributed by atoms with van der Waals surface area (Å²) in [6.07, 6.45) is -10.4. The number of aliphatic carboxylic acids is 6. The van der Waals surface area contributed by atoms with Crippen molar-refractivity contribution in [2.45, 2.75) is 49.4 Å². The summed E-state index contributed by atoms with van der Waals surface area (Å²) in [5.74, 6) is -15.9. The van der Waals surface area contributed by atoms with E-state index in [2.05, 4.69) is 9.47 Å². The number of carboxylic acids is 6. The summed E-state index contributed by atoms with van der Waals surface area (Å²) in [6.45, 7) is 0. The molecule has 0 amide bonds. The van der Waals surface area contributed by atoms with E-state index in [-0.39, 0.29) is 106 Å². The fourth-order valence-corrected chi connectivity index (χ4v) is 2.40. The number of ether oxygens (including phenoxy) is 2. The second kappa shape index (κ2) is 16.7. The molecule has 0 radical (unpaired) electrons. The standard InChI is InChI=1S/C16H18O17.2K.2H/c17-6(12(27)33-16(14(30)31,4-9(22)23)5-10(24)25)1-11(26)32-15(13(28)29,2-7(18)19)3-8(20)21;;;;/h6,17H,1-5H2,(H,18,19)(H,20,21)(H,22,23)(H,24,25)(H,28,29)(H,30,31);;;;/q;2*+1;2*-1. The number of carbonyl (C=O) groups excluding carboxylic acids is 2. The summed E-state index contributed by atoms with van der Waals surface area (Å²) < 4.78 is 8.70. The Hall–Kier alpha value is -1.01. The van der Waals surface area contributed by atoms with Gasteiger partial charge >= 0.3 is 151 Å². The second-order valence-electron chi connectivity index (χ2n) is 6.50. The van der Waals surface area contributed by atoms with Crippen molar-refractivity contribution < 1.29 is 189 Å². The number of esters is 2. The topological polar surface area (TPSA) is 297 Å². The van der Waals surface area contributed by atoms with Crippen LogP contribution >= 0.6 is 0 Å². The zero-order valence-corrected chi connectivity index (χ0v) is 24.6. The number of carboxylic acid groups (broad SMARTS) is 6. The van der Waals surface area contributed by atoms with E-state index in [0.717, 1.165) is 0 Å². The smallest absolute Gasteiger partial charge is 1.00 e. The van der Waals surface area contributed by atoms with Gasteiger partial charge in [0.05, 0.1) is 32.1 Å². The van der Waals surface area contributed by atoms with Crippen LogP contribution in [0.15, 0.2) is 0 Å². The van der Waals surface area contributed by atoms with Crippen LogP contribution in [0.3, 0.4) is 0 Å². The van der Waals surface area contributed by atoms with E-state index in [9.17, 15) is 43.5 Å². The molecule has 0 aromatic rings. The van der Waals surface area contributed by atoms with Crippen LogP contribution in [0.25, 0.3) is 0 Å². The monoisotopic (exact) mass is 562 g/mol. The number of hydrogen-bond acceptors (Lipinski definition) is 11. The van der Waals surface area contributed by atoms with Crippen LogP contribution in [0.1, 0.15) is 35.0 Å². The summed E-state index contributed by atoms with van der Waals surface area (Å²) in [7, 11) is 0. The molecular formula is C16H20K2O17. The molecule has 188 valence electrons. The maximum atomic E-state index is 12.0. The van der Waals surface area contributed by atoms with Gasteiger partial charge < -0.3 is 48.1 Å². The van der Waals surface area contributed by atoms with Crippen LogP contribution in [0.4, 0.5) is 0 Å². The second-order valence-corrected chi connectivity index (χ2v) is 6.50. The number of aliphatic hydroxyl groups excluding tert-OH is 1. The molecule has 0 fully saturated rings. The minimum absolute atomic E-state index is 0. The molecule has 0 aliphatic heterocycles. The van der Waals surface area contributed by atoms with Gasteiger partial charge in [-0.1, -0.05) is 0 Å². The van der Waals surface area contributed by atoms with Gasteiger partial charge in [0.2, 0.25) is 11.2 Å². The van der Waals surface area contributed by atoms with Gasteiger partial charge in [0.25, 0.3) is 0 Å². The summed E-state index contributed by atoms with van der Waals surface area (Å²) in [6, 6.07) is 0. The fourth-order valence-electron chi connectivity index (χ4n) is 2.40. The average molecular weight is 563 g/mol. The quantitative estimate of drug-likeness (QED) is 0.0719. The molecule has 1 atom stereocenters. The Morgan fingerprint density at radius 2 is 0.886 bits per heavy atom. The molecule has 0 aliphatic carbocycles. The zero-order chi connectivity index (χ0) is 26.1. The number of rotatable bonds is 15. The predicted octanol–water partition coefficient (Wildman–Crippen LogP) is -8.40. The van der Waals surface area contributed by atoms with Gasteiger partial charge in [-0.25, -0.2) is 14.4 Å². The Labute approximate surface area is 282 Å². The molecule has 0 aromatic heterocycles. The molecule has 35 heavy (non-hydrogen) atoms. The Bertz CT molecular complexity index is 845. The third kappa shape index (κ3) is 13.2. The molecule has 0 saturated carbocycles. The summed E-state index contributed by atoms with van der Waals surface area (Å²) >= 11 is 0. The third-order valence-electron chi connectivity index (χ3n) is 3.76. The molecule has 19 heteroatoms. The van der Waals surface area contributed by atoms with Crippen LogP contribution < -0.4 is 103 Å². The predicted molar refractivity (Wildman–Crippen MR) is 94.8 cm³/mol. The van der Waals surface area contributed by atoms with E-state index in [0.29, 0.717) is 0 Å². The Morgan fingerprint density at radius 1 is 0.600 bits per heavy atom. The molecule has 0 heterocycles.